The first kappa shape index (κ1) is 24.8. The monoisotopic (exact) mass is 502 g/mol. The summed E-state index contributed by atoms with van der Waals surface area (Å²) in [6, 6.07) is 7.78. The van der Waals surface area contributed by atoms with Gasteiger partial charge in [-0.25, -0.2) is 4.79 Å². The zero-order valence-corrected chi connectivity index (χ0v) is 20.6. The van der Waals surface area contributed by atoms with Gasteiger partial charge in [-0.1, -0.05) is 11.6 Å². The molecule has 10 heteroatoms. The topological polar surface area (TPSA) is 98.0 Å². The highest BCUT2D eigenvalue weighted by Gasteiger charge is 2.23. The van der Waals surface area contributed by atoms with Crippen molar-refractivity contribution in [1.29, 1.82) is 0 Å². The molecule has 1 atom stereocenters. The summed E-state index contributed by atoms with van der Waals surface area (Å²) in [7, 11) is 2.92. The predicted molar refractivity (Wildman–Crippen MR) is 131 cm³/mol. The molecule has 2 heterocycles. The molecular weight excluding hydrogens is 476 g/mol. The minimum absolute atomic E-state index is 0.102. The molecule has 0 unspecified atom stereocenters. The van der Waals surface area contributed by atoms with Gasteiger partial charge in [0.25, 0.3) is 5.56 Å². The zero-order valence-electron chi connectivity index (χ0n) is 19.8. The quantitative estimate of drug-likeness (QED) is 0.414. The highest BCUT2D eigenvalue weighted by Crippen LogP contribution is 2.31. The van der Waals surface area contributed by atoms with Crippen molar-refractivity contribution in [3.8, 4) is 17.2 Å². The van der Waals surface area contributed by atoms with Crippen molar-refractivity contribution in [3.05, 3.63) is 61.8 Å². The lowest BCUT2D eigenvalue weighted by atomic mass is 10.1. The minimum Gasteiger partial charge on any atom is -0.493 e. The van der Waals surface area contributed by atoms with E-state index in [9.17, 15) is 14.4 Å². The van der Waals surface area contributed by atoms with Gasteiger partial charge in [-0.05, 0) is 44.0 Å². The van der Waals surface area contributed by atoms with Gasteiger partial charge in [0.1, 0.15) is 5.75 Å². The molecule has 0 saturated carbocycles. The number of Topliss-reactive ketones (excluding diaryl/α,β-unsaturated/α-hetero) is 1. The van der Waals surface area contributed by atoms with Gasteiger partial charge < -0.3 is 18.9 Å². The van der Waals surface area contributed by atoms with Crippen LogP contribution in [0.2, 0.25) is 5.02 Å². The van der Waals surface area contributed by atoms with Crippen molar-refractivity contribution in [2.75, 3.05) is 27.4 Å². The fraction of sp³-hybridized carbons (Fsp3) is 0.400. The molecule has 0 aliphatic carbocycles. The molecule has 1 aliphatic heterocycles. The van der Waals surface area contributed by atoms with E-state index in [1.54, 1.807) is 12.1 Å². The lowest BCUT2D eigenvalue weighted by Gasteiger charge is -2.18. The summed E-state index contributed by atoms with van der Waals surface area (Å²) in [5.74, 6) is 0.794. The molecule has 1 aliphatic rings. The first-order valence-electron chi connectivity index (χ1n) is 11.3. The Balaban J connectivity index is 1.84. The standard InChI is InChI=1S/C25H27ClN2O7/c1-4-34-21-8-7-15(10-18(21)26)20(29)14-27-19-12-23(33-3)22(32-2)11-17(19)24(30)28(25(27)31)13-16-6-5-9-35-16/h7-8,10-12,16H,4-6,9,13-14H2,1-3H3/t16-/m0/s1. The second kappa shape index (κ2) is 10.5. The van der Waals surface area contributed by atoms with Crippen molar-refractivity contribution in [1.82, 2.24) is 9.13 Å². The number of fused-ring (bicyclic) bond motifs is 1. The molecule has 0 N–H and O–H groups in total. The zero-order chi connectivity index (χ0) is 25.1. The van der Waals surface area contributed by atoms with Gasteiger partial charge in [0.15, 0.2) is 17.3 Å². The van der Waals surface area contributed by atoms with Gasteiger partial charge in [-0.3, -0.25) is 18.7 Å². The number of ether oxygens (including phenoxy) is 4. The Morgan fingerprint density at radius 1 is 1.09 bits per heavy atom. The second-order valence-electron chi connectivity index (χ2n) is 8.15. The maximum Gasteiger partial charge on any atom is 0.331 e. The van der Waals surface area contributed by atoms with Gasteiger partial charge in [0.05, 0.1) is 55.9 Å². The number of hydrogen-bond donors (Lipinski definition) is 0. The number of halogens is 1. The smallest absolute Gasteiger partial charge is 0.331 e. The maximum atomic E-state index is 13.5. The van der Waals surface area contributed by atoms with Gasteiger partial charge in [0, 0.05) is 18.2 Å². The molecule has 0 spiro atoms. The Hall–Kier alpha value is -3.30. The average molecular weight is 503 g/mol. The second-order valence-corrected chi connectivity index (χ2v) is 8.55. The van der Waals surface area contributed by atoms with E-state index in [0.29, 0.717) is 41.0 Å². The molecule has 4 rings (SSSR count). The van der Waals surface area contributed by atoms with E-state index in [4.69, 9.17) is 30.5 Å². The van der Waals surface area contributed by atoms with Crippen LogP contribution in [0.5, 0.6) is 17.2 Å². The molecular formula is C25H27ClN2O7. The van der Waals surface area contributed by atoms with E-state index in [2.05, 4.69) is 0 Å². The molecule has 1 fully saturated rings. The van der Waals surface area contributed by atoms with Crippen LogP contribution < -0.4 is 25.5 Å². The third-order valence-corrected chi connectivity index (χ3v) is 6.29. The number of ketones is 1. The van der Waals surface area contributed by atoms with Gasteiger partial charge >= 0.3 is 5.69 Å². The molecule has 1 aromatic heterocycles. The van der Waals surface area contributed by atoms with E-state index in [1.807, 2.05) is 6.92 Å². The number of carbonyl (C=O) groups is 1. The van der Waals surface area contributed by atoms with Crippen LogP contribution in [-0.4, -0.2) is 48.5 Å². The minimum atomic E-state index is -0.601. The third-order valence-electron chi connectivity index (χ3n) is 6.00. The Labute approximate surface area is 206 Å². The van der Waals surface area contributed by atoms with E-state index in [1.165, 1.54) is 37.0 Å². The van der Waals surface area contributed by atoms with Crippen molar-refractivity contribution in [3.63, 3.8) is 0 Å². The van der Waals surface area contributed by atoms with Crippen molar-refractivity contribution < 1.29 is 23.7 Å². The van der Waals surface area contributed by atoms with Crippen LogP contribution >= 0.6 is 11.6 Å². The summed E-state index contributed by atoms with van der Waals surface area (Å²) in [6.07, 6.45) is 1.37. The predicted octanol–water partition coefficient (Wildman–Crippen LogP) is 3.29. The Kier molecular flexibility index (Phi) is 7.47. The number of benzene rings is 2. The summed E-state index contributed by atoms with van der Waals surface area (Å²) in [4.78, 5) is 40.1. The Morgan fingerprint density at radius 3 is 2.46 bits per heavy atom. The lowest BCUT2D eigenvalue weighted by Crippen LogP contribution is -2.43. The Morgan fingerprint density at radius 2 is 1.83 bits per heavy atom. The lowest BCUT2D eigenvalue weighted by molar-refractivity contribution is 0.0939. The largest absolute Gasteiger partial charge is 0.493 e. The SMILES string of the molecule is CCOc1ccc(C(=O)Cn2c(=O)n(C[C@@H]3CCCO3)c(=O)c3cc(OC)c(OC)cc32)cc1Cl. The van der Waals surface area contributed by atoms with Crippen LogP contribution in [0.1, 0.15) is 30.1 Å². The molecule has 9 nitrogen and oxygen atoms in total. The summed E-state index contributed by atoms with van der Waals surface area (Å²) in [6.45, 7) is 2.66. The number of nitrogens with zero attached hydrogens (tertiary/aromatic N) is 2. The summed E-state index contributed by atoms with van der Waals surface area (Å²) >= 11 is 6.26. The highest BCUT2D eigenvalue weighted by atomic mass is 35.5. The van der Waals surface area contributed by atoms with Crippen LogP contribution in [0.25, 0.3) is 10.9 Å². The first-order valence-corrected chi connectivity index (χ1v) is 11.7. The first-order chi connectivity index (χ1) is 16.9. The Bertz CT molecular complexity index is 1370. The van der Waals surface area contributed by atoms with Crippen LogP contribution in [0.3, 0.4) is 0 Å². The van der Waals surface area contributed by atoms with E-state index >= 15 is 0 Å². The normalized spacial score (nSPS) is 15.4. The number of hydrogen-bond acceptors (Lipinski definition) is 7. The molecule has 1 saturated heterocycles. The molecule has 186 valence electrons. The third kappa shape index (κ3) is 4.92. The average Bonchev–Trinajstić information content (AvgIpc) is 3.38. The van der Waals surface area contributed by atoms with Crippen molar-refractivity contribution in [2.45, 2.75) is 39.0 Å². The van der Waals surface area contributed by atoms with Crippen LogP contribution in [0.15, 0.2) is 39.9 Å². The van der Waals surface area contributed by atoms with Gasteiger partial charge in [-0.2, -0.15) is 0 Å². The van der Waals surface area contributed by atoms with Gasteiger partial charge in [0.2, 0.25) is 0 Å². The summed E-state index contributed by atoms with van der Waals surface area (Å²) in [5.41, 5.74) is -0.493. The highest BCUT2D eigenvalue weighted by molar-refractivity contribution is 6.32. The molecule has 0 bridgehead atoms. The number of rotatable bonds is 9. The van der Waals surface area contributed by atoms with E-state index in [-0.39, 0.29) is 35.9 Å². The maximum absolute atomic E-state index is 13.5. The van der Waals surface area contributed by atoms with E-state index < -0.39 is 11.2 Å². The molecule has 35 heavy (non-hydrogen) atoms. The fourth-order valence-corrected chi connectivity index (χ4v) is 4.47. The number of methoxy groups -OCH3 is 2. The molecule has 0 radical (unpaired) electrons. The van der Waals surface area contributed by atoms with Gasteiger partial charge in [-0.15, -0.1) is 0 Å². The van der Waals surface area contributed by atoms with E-state index in [0.717, 1.165) is 17.4 Å². The van der Waals surface area contributed by atoms with Crippen LogP contribution in [0.4, 0.5) is 0 Å². The molecule has 0 amide bonds. The number of carbonyl (C=O) groups excluding carboxylic acids is 1. The molecule has 3 aromatic rings. The van der Waals surface area contributed by atoms with Crippen molar-refractivity contribution in [2.24, 2.45) is 0 Å². The molecule has 2 aromatic carbocycles. The van der Waals surface area contributed by atoms with Crippen LogP contribution in [-0.2, 0) is 17.8 Å². The van der Waals surface area contributed by atoms with Crippen LogP contribution in [0, 0.1) is 0 Å². The van der Waals surface area contributed by atoms with Crippen molar-refractivity contribution >= 4 is 28.3 Å². The number of aromatic nitrogens is 2. The summed E-state index contributed by atoms with van der Waals surface area (Å²) < 4.78 is 24.2. The summed E-state index contributed by atoms with van der Waals surface area (Å²) in [5, 5.41) is 0.530. The fourth-order valence-electron chi connectivity index (χ4n) is 4.23.